The quantitative estimate of drug-likeness (QED) is 0.591. The predicted octanol–water partition coefficient (Wildman–Crippen LogP) is 2.85. The Balaban J connectivity index is 3.44. The lowest BCUT2D eigenvalue weighted by Gasteiger charge is -2.03. The first-order chi connectivity index (χ1) is 6.06. The van der Waals surface area contributed by atoms with Crippen molar-refractivity contribution in [3.05, 3.63) is 32.4 Å². The first kappa shape index (κ1) is 10.5. The summed E-state index contributed by atoms with van der Waals surface area (Å²) in [6.07, 6.45) is 0. The molecule has 0 aliphatic rings. The second-order valence-corrected chi connectivity index (χ2v) is 3.96. The van der Waals surface area contributed by atoms with Gasteiger partial charge in [0.05, 0.1) is 11.6 Å². The van der Waals surface area contributed by atoms with Crippen LogP contribution in [-0.2, 0) is 0 Å². The molecule has 1 aromatic rings. The number of benzene rings is 1. The van der Waals surface area contributed by atoms with Crippen LogP contribution in [0.3, 0.4) is 0 Å². The first-order valence-corrected chi connectivity index (χ1v) is 4.92. The molecule has 0 saturated heterocycles. The van der Waals surface area contributed by atoms with Gasteiger partial charge in [-0.1, -0.05) is 0 Å². The summed E-state index contributed by atoms with van der Waals surface area (Å²) < 4.78 is 0.802. The van der Waals surface area contributed by atoms with Gasteiger partial charge in [0, 0.05) is 9.13 Å². The highest BCUT2D eigenvalue weighted by Gasteiger charge is 2.10. The highest BCUT2D eigenvalue weighted by Crippen LogP contribution is 2.20. The van der Waals surface area contributed by atoms with Gasteiger partial charge in [0.15, 0.2) is 0 Å². The van der Waals surface area contributed by atoms with Gasteiger partial charge in [-0.2, -0.15) is 5.26 Å². The number of carbonyl (C=O) groups excluding carboxylic acids is 1. The molecular weight excluding hydrogens is 300 g/mol. The molecule has 66 valence electrons. The molecule has 0 aliphatic heterocycles. The Morgan fingerprint density at radius 3 is 2.69 bits per heavy atom. The largest absolute Gasteiger partial charge is 0.276 e. The summed E-state index contributed by atoms with van der Waals surface area (Å²) in [4.78, 5) is 10.9. The smallest absolute Gasteiger partial charge is 0.253 e. The molecule has 0 aliphatic carbocycles. The van der Waals surface area contributed by atoms with Crippen molar-refractivity contribution in [3.8, 4) is 6.07 Å². The van der Waals surface area contributed by atoms with Crippen molar-refractivity contribution in [2.24, 2.45) is 0 Å². The summed E-state index contributed by atoms with van der Waals surface area (Å²) in [5.41, 5.74) is 1.75. The Labute approximate surface area is 94.6 Å². The van der Waals surface area contributed by atoms with E-state index in [0.29, 0.717) is 11.1 Å². The van der Waals surface area contributed by atoms with Gasteiger partial charge >= 0.3 is 0 Å². The topological polar surface area (TPSA) is 40.9 Å². The Morgan fingerprint density at radius 1 is 1.62 bits per heavy atom. The number of halogens is 2. The molecule has 0 saturated carbocycles. The average molecular weight is 306 g/mol. The molecule has 0 unspecified atom stereocenters. The van der Waals surface area contributed by atoms with Crippen LogP contribution in [-0.4, -0.2) is 5.24 Å². The van der Waals surface area contributed by atoms with Gasteiger partial charge in [0.2, 0.25) is 0 Å². The Hall–Kier alpha value is -0.600. The van der Waals surface area contributed by atoms with Gasteiger partial charge in [-0.15, -0.1) is 0 Å². The second kappa shape index (κ2) is 4.07. The monoisotopic (exact) mass is 305 g/mol. The van der Waals surface area contributed by atoms with Gasteiger partial charge in [-0.25, -0.2) is 0 Å². The average Bonchev–Trinajstić information content (AvgIpc) is 2.09. The Bertz CT molecular complexity index is 409. The van der Waals surface area contributed by atoms with Crippen LogP contribution in [0.4, 0.5) is 0 Å². The van der Waals surface area contributed by atoms with Crippen molar-refractivity contribution in [2.45, 2.75) is 6.92 Å². The van der Waals surface area contributed by atoms with Crippen molar-refractivity contribution in [3.63, 3.8) is 0 Å². The molecule has 0 bridgehead atoms. The number of carbonyl (C=O) groups is 1. The molecule has 1 rings (SSSR count). The van der Waals surface area contributed by atoms with E-state index in [0.717, 1.165) is 9.13 Å². The van der Waals surface area contributed by atoms with Crippen LogP contribution in [0.1, 0.15) is 21.5 Å². The van der Waals surface area contributed by atoms with Gasteiger partial charge < -0.3 is 0 Å². The van der Waals surface area contributed by atoms with E-state index in [1.807, 2.05) is 35.6 Å². The predicted molar refractivity (Wildman–Crippen MR) is 58.8 cm³/mol. The van der Waals surface area contributed by atoms with Crippen LogP contribution < -0.4 is 0 Å². The van der Waals surface area contributed by atoms with Crippen LogP contribution in [0.25, 0.3) is 0 Å². The minimum Gasteiger partial charge on any atom is -0.276 e. The third kappa shape index (κ3) is 2.20. The summed E-state index contributed by atoms with van der Waals surface area (Å²) in [5.74, 6) is 0. The summed E-state index contributed by atoms with van der Waals surface area (Å²) in [7, 11) is 0. The summed E-state index contributed by atoms with van der Waals surface area (Å²) >= 11 is 7.39. The van der Waals surface area contributed by atoms with Crippen LogP contribution in [0.2, 0.25) is 0 Å². The van der Waals surface area contributed by atoms with Gasteiger partial charge in [-0.05, 0) is 58.8 Å². The second-order valence-electron chi connectivity index (χ2n) is 2.54. The van der Waals surface area contributed by atoms with E-state index in [1.54, 1.807) is 6.07 Å². The summed E-state index contributed by atoms with van der Waals surface area (Å²) in [6.45, 7) is 1.84. The number of aryl methyl sites for hydroxylation is 1. The van der Waals surface area contributed by atoms with E-state index in [4.69, 9.17) is 16.9 Å². The molecular formula is C9H5ClINO. The fraction of sp³-hybridized carbons (Fsp3) is 0.111. The molecule has 0 atom stereocenters. The minimum atomic E-state index is -0.524. The maximum atomic E-state index is 10.9. The van der Waals surface area contributed by atoms with Crippen molar-refractivity contribution in [2.75, 3.05) is 0 Å². The highest BCUT2D eigenvalue weighted by molar-refractivity contribution is 14.1. The fourth-order valence-electron chi connectivity index (χ4n) is 0.977. The number of hydrogen-bond donors (Lipinski definition) is 0. The zero-order valence-electron chi connectivity index (χ0n) is 6.77. The Kier molecular flexibility index (Phi) is 3.28. The van der Waals surface area contributed by atoms with E-state index in [9.17, 15) is 4.79 Å². The van der Waals surface area contributed by atoms with Crippen molar-refractivity contribution >= 4 is 39.4 Å². The Morgan fingerprint density at radius 2 is 2.23 bits per heavy atom. The molecule has 0 spiro atoms. The molecule has 0 heterocycles. The lowest BCUT2D eigenvalue weighted by atomic mass is 10.1. The van der Waals surface area contributed by atoms with Crippen molar-refractivity contribution < 1.29 is 4.79 Å². The number of rotatable bonds is 1. The number of nitriles is 1. The molecule has 0 amide bonds. The lowest BCUT2D eigenvalue weighted by molar-refractivity contribution is 0.108. The van der Waals surface area contributed by atoms with Gasteiger partial charge in [0.1, 0.15) is 0 Å². The number of hydrogen-bond acceptors (Lipinski definition) is 2. The van der Waals surface area contributed by atoms with E-state index in [-0.39, 0.29) is 0 Å². The molecule has 2 nitrogen and oxygen atoms in total. The lowest BCUT2D eigenvalue weighted by Crippen LogP contribution is -1.97. The van der Waals surface area contributed by atoms with Gasteiger partial charge in [-0.3, -0.25) is 4.79 Å². The molecule has 4 heteroatoms. The highest BCUT2D eigenvalue weighted by atomic mass is 127. The summed E-state index contributed by atoms with van der Waals surface area (Å²) in [6, 6.07) is 5.21. The van der Waals surface area contributed by atoms with E-state index in [1.165, 1.54) is 6.07 Å². The molecule has 1 aromatic carbocycles. The van der Waals surface area contributed by atoms with Crippen LogP contribution in [0, 0.1) is 21.8 Å². The van der Waals surface area contributed by atoms with Gasteiger partial charge in [0.25, 0.3) is 5.24 Å². The maximum Gasteiger partial charge on any atom is 0.253 e. The van der Waals surface area contributed by atoms with Crippen molar-refractivity contribution in [1.82, 2.24) is 0 Å². The van der Waals surface area contributed by atoms with Crippen molar-refractivity contribution in [1.29, 1.82) is 5.26 Å². The fourth-order valence-corrected chi connectivity index (χ4v) is 1.84. The van der Waals surface area contributed by atoms with E-state index in [2.05, 4.69) is 0 Å². The van der Waals surface area contributed by atoms with Crippen LogP contribution >= 0.6 is 34.2 Å². The molecule has 0 radical (unpaired) electrons. The normalized spacial score (nSPS) is 9.38. The molecule has 0 aromatic heterocycles. The molecule has 13 heavy (non-hydrogen) atoms. The van der Waals surface area contributed by atoms with E-state index < -0.39 is 5.24 Å². The SMILES string of the molecule is Cc1cc(C#N)cc(C(=O)Cl)c1I. The third-order valence-corrected chi connectivity index (χ3v) is 3.23. The molecule has 0 N–H and O–H groups in total. The zero-order chi connectivity index (χ0) is 10.0. The molecule has 0 fully saturated rings. The number of nitrogens with zero attached hydrogens (tertiary/aromatic N) is 1. The minimum absolute atomic E-state index is 0.402. The van der Waals surface area contributed by atoms with Crippen LogP contribution in [0.15, 0.2) is 12.1 Å². The van der Waals surface area contributed by atoms with Crippen LogP contribution in [0.5, 0.6) is 0 Å². The first-order valence-electron chi connectivity index (χ1n) is 3.46. The third-order valence-electron chi connectivity index (χ3n) is 1.60. The maximum absolute atomic E-state index is 10.9. The standard InChI is InChI=1S/C9H5ClINO/c1-5-2-6(4-12)3-7(8(5)11)9(10)13/h2-3H,1H3. The zero-order valence-corrected chi connectivity index (χ0v) is 9.68. The summed E-state index contributed by atoms with van der Waals surface area (Å²) in [5, 5.41) is 8.13. The van der Waals surface area contributed by atoms with E-state index >= 15 is 0 Å².